The van der Waals surface area contributed by atoms with Crippen LogP contribution in [0, 0.1) is 11.5 Å². The third kappa shape index (κ3) is 4.91. The topological polar surface area (TPSA) is 74.2 Å². The zero-order chi connectivity index (χ0) is 7.82. The average Bonchev–Trinajstić information content (AvgIpc) is 1.89. The largest absolute Gasteiger partial charge is 0.369 e. The van der Waals surface area contributed by atoms with E-state index in [-0.39, 0.29) is 5.96 Å². The fourth-order valence-electron chi connectivity index (χ4n) is 0.454. The summed E-state index contributed by atoms with van der Waals surface area (Å²) in [6.07, 6.45) is 3.78. The molecule has 0 aliphatic rings. The summed E-state index contributed by atoms with van der Waals surface area (Å²) in [5.74, 6) is 0.205. The Morgan fingerprint density at radius 1 is 1.80 bits per heavy atom. The second-order valence-corrected chi connectivity index (χ2v) is 1.86. The predicted molar refractivity (Wildman–Crippen MR) is 40.1 cm³/mol. The molecule has 0 aromatic heterocycles. The zero-order valence-corrected chi connectivity index (χ0v) is 6.09. The molecule has 0 atom stereocenters. The van der Waals surface area contributed by atoms with E-state index in [2.05, 4.69) is 17.2 Å². The number of unbranched alkanes of at least 4 members (excludes halogenated alkanes) is 1. The first-order valence-corrected chi connectivity index (χ1v) is 3.26. The van der Waals surface area contributed by atoms with Crippen LogP contribution in [0.15, 0.2) is 4.99 Å². The Morgan fingerprint density at radius 3 is 3.00 bits per heavy atom. The number of hydrogen-bond donors (Lipinski definition) is 2. The molecule has 0 aliphatic carbocycles. The summed E-state index contributed by atoms with van der Waals surface area (Å²) >= 11 is 0. The van der Waals surface area contributed by atoms with Gasteiger partial charge in [-0.3, -0.25) is 10.3 Å². The van der Waals surface area contributed by atoms with E-state index in [0.29, 0.717) is 6.54 Å². The second kappa shape index (κ2) is 5.89. The molecule has 0 heterocycles. The minimum atomic E-state index is 0.205. The number of guanidine groups is 1. The Balaban J connectivity index is 3.40. The van der Waals surface area contributed by atoms with Gasteiger partial charge in [0.25, 0.3) is 0 Å². The van der Waals surface area contributed by atoms with Crippen molar-refractivity contribution in [3.8, 4) is 6.19 Å². The van der Waals surface area contributed by atoms with E-state index in [9.17, 15) is 0 Å². The van der Waals surface area contributed by atoms with Gasteiger partial charge in [-0.2, -0.15) is 5.26 Å². The molecule has 0 rings (SSSR count). The van der Waals surface area contributed by atoms with Crippen LogP contribution in [0.3, 0.4) is 0 Å². The lowest BCUT2D eigenvalue weighted by atomic mass is 10.3. The molecule has 56 valence electrons. The van der Waals surface area contributed by atoms with E-state index in [1.165, 1.54) is 0 Å². The van der Waals surface area contributed by atoms with Gasteiger partial charge >= 0.3 is 0 Å². The van der Waals surface area contributed by atoms with Gasteiger partial charge in [-0.1, -0.05) is 13.3 Å². The molecule has 0 spiro atoms. The number of nitrogens with zero attached hydrogens (tertiary/aromatic N) is 2. The van der Waals surface area contributed by atoms with Crippen LogP contribution in [0.1, 0.15) is 19.8 Å². The van der Waals surface area contributed by atoms with Crippen molar-refractivity contribution in [2.24, 2.45) is 10.7 Å². The normalized spacial score (nSPS) is 10.6. The standard InChI is InChI=1S/C6H12N4/c1-2-3-4-9-6(8)10-5-7/h2-4H2,1H3,(H3,8,9,10). The van der Waals surface area contributed by atoms with E-state index in [1.807, 2.05) is 0 Å². The van der Waals surface area contributed by atoms with Crippen molar-refractivity contribution in [3.05, 3.63) is 0 Å². The van der Waals surface area contributed by atoms with E-state index in [0.717, 1.165) is 12.8 Å². The summed E-state index contributed by atoms with van der Waals surface area (Å²) in [6.45, 7) is 2.76. The van der Waals surface area contributed by atoms with E-state index in [4.69, 9.17) is 11.0 Å². The maximum atomic E-state index is 8.07. The predicted octanol–water partition coefficient (Wildman–Crippen LogP) is 0.172. The van der Waals surface area contributed by atoms with Crippen molar-refractivity contribution in [2.45, 2.75) is 19.8 Å². The SMILES string of the molecule is CCCCN=C(N)NC#N. The molecule has 0 aliphatic heterocycles. The van der Waals surface area contributed by atoms with E-state index < -0.39 is 0 Å². The number of rotatable bonds is 3. The molecule has 0 saturated carbocycles. The first kappa shape index (κ1) is 8.76. The van der Waals surface area contributed by atoms with Crippen LogP contribution in [0.25, 0.3) is 0 Å². The first-order valence-electron chi connectivity index (χ1n) is 3.26. The number of aliphatic imine (C=N–C) groups is 1. The summed E-state index contributed by atoms with van der Waals surface area (Å²) < 4.78 is 0. The fourth-order valence-corrected chi connectivity index (χ4v) is 0.454. The Morgan fingerprint density at radius 2 is 2.50 bits per heavy atom. The molecule has 4 nitrogen and oxygen atoms in total. The lowest BCUT2D eigenvalue weighted by Crippen LogP contribution is -2.27. The van der Waals surface area contributed by atoms with Crippen LogP contribution in [-0.2, 0) is 0 Å². The average molecular weight is 140 g/mol. The maximum Gasteiger partial charge on any atom is 0.202 e. The van der Waals surface area contributed by atoms with Crippen LogP contribution in [0.5, 0.6) is 0 Å². The molecule has 0 aromatic rings. The van der Waals surface area contributed by atoms with Gasteiger partial charge in [-0.15, -0.1) is 0 Å². The molecule has 0 fully saturated rings. The van der Waals surface area contributed by atoms with Gasteiger partial charge in [0.15, 0.2) is 6.19 Å². The van der Waals surface area contributed by atoms with Crippen molar-refractivity contribution in [3.63, 3.8) is 0 Å². The third-order valence-corrected chi connectivity index (χ3v) is 0.978. The van der Waals surface area contributed by atoms with Gasteiger partial charge in [-0.05, 0) is 6.42 Å². The molecule has 0 unspecified atom stereocenters. The molecule has 0 amide bonds. The molecule has 0 aromatic carbocycles. The molecular weight excluding hydrogens is 128 g/mol. The molecule has 4 heteroatoms. The number of hydrogen-bond acceptors (Lipinski definition) is 2. The van der Waals surface area contributed by atoms with Crippen LogP contribution < -0.4 is 11.1 Å². The maximum absolute atomic E-state index is 8.07. The monoisotopic (exact) mass is 140 g/mol. The minimum absolute atomic E-state index is 0.205. The molecular formula is C6H12N4. The summed E-state index contributed by atoms with van der Waals surface area (Å²) in [6, 6.07) is 0. The van der Waals surface area contributed by atoms with Gasteiger partial charge < -0.3 is 5.73 Å². The second-order valence-electron chi connectivity index (χ2n) is 1.86. The highest BCUT2D eigenvalue weighted by molar-refractivity contribution is 5.79. The van der Waals surface area contributed by atoms with Gasteiger partial charge in [-0.25, -0.2) is 0 Å². The summed E-state index contributed by atoms with van der Waals surface area (Å²) in [5.41, 5.74) is 5.24. The fraction of sp³-hybridized carbons (Fsp3) is 0.667. The minimum Gasteiger partial charge on any atom is -0.369 e. The quantitative estimate of drug-likeness (QED) is 0.193. The summed E-state index contributed by atoms with van der Waals surface area (Å²) in [5, 5.41) is 10.3. The highest BCUT2D eigenvalue weighted by Gasteiger charge is 1.85. The van der Waals surface area contributed by atoms with Crippen molar-refractivity contribution in [1.82, 2.24) is 5.32 Å². The molecule has 3 N–H and O–H groups in total. The van der Waals surface area contributed by atoms with E-state index >= 15 is 0 Å². The Labute approximate surface area is 60.7 Å². The van der Waals surface area contributed by atoms with Gasteiger partial charge in [0.1, 0.15) is 0 Å². The van der Waals surface area contributed by atoms with Crippen LogP contribution in [0.4, 0.5) is 0 Å². The number of nitrogens with two attached hydrogens (primary N) is 1. The highest BCUT2D eigenvalue weighted by Crippen LogP contribution is 1.85. The molecule has 10 heavy (non-hydrogen) atoms. The van der Waals surface area contributed by atoms with Crippen LogP contribution in [-0.4, -0.2) is 12.5 Å². The first-order chi connectivity index (χ1) is 4.81. The Hall–Kier alpha value is -1.24. The van der Waals surface area contributed by atoms with Crippen LogP contribution in [0.2, 0.25) is 0 Å². The third-order valence-electron chi connectivity index (χ3n) is 0.978. The number of nitrogens with one attached hydrogen (secondary N) is 1. The van der Waals surface area contributed by atoms with Crippen molar-refractivity contribution in [1.29, 1.82) is 5.26 Å². The van der Waals surface area contributed by atoms with E-state index in [1.54, 1.807) is 6.19 Å². The van der Waals surface area contributed by atoms with Crippen molar-refractivity contribution >= 4 is 5.96 Å². The van der Waals surface area contributed by atoms with Crippen molar-refractivity contribution < 1.29 is 0 Å². The van der Waals surface area contributed by atoms with Crippen molar-refractivity contribution in [2.75, 3.05) is 6.54 Å². The van der Waals surface area contributed by atoms with Gasteiger partial charge in [0, 0.05) is 6.54 Å². The van der Waals surface area contributed by atoms with Gasteiger partial charge in [0.05, 0.1) is 0 Å². The lowest BCUT2D eigenvalue weighted by Gasteiger charge is -1.94. The molecule has 0 radical (unpaired) electrons. The number of nitriles is 1. The Kier molecular flexibility index (Phi) is 5.16. The zero-order valence-electron chi connectivity index (χ0n) is 6.09. The summed E-state index contributed by atoms with van der Waals surface area (Å²) in [7, 11) is 0. The van der Waals surface area contributed by atoms with Gasteiger partial charge in [0.2, 0.25) is 5.96 Å². The lowest BCUT2D eigenvalue weighted by molar-refractivity contribution is 0.804. The highest BCUT2D eigenvalue weighted by atomic mass is 15.1. The molecule has 0 saturated heterocycles. The smallest absolute Gasteiger partial charge is 0.202 e. The Bertz CT molecular complexity index is 144. The van der Waals surface area contributed by atoms with Crippen LogP contribution >= 0.6 is 0 Å². The summed E-state index contributed by atoms with van der Waals surface area (Å²) in [4.78, 5) is 3.86. The molecule has 0 bridgehead atoms.